The Kier molecular flexibility index (Phi) is 9.46. The molecule has 0 spiro atoms. The van der Waals surface area contributed by atoms with Crippen LogP contribution < -0.4 is 10.2 Å². The van der Waals surface area contributed by atoms with Crippen molar-refractivity contribution < 1.29 is 14.3 Å². The number of likely N-dealkylation sites (tertiary alicyclic amines) is 1. The van der Waals surface area contributed by atoms with Crippen LogP contribution in [-0.4, -0.2) is 63.2 Å². The first-order valence-electron chi connectivity index (χ1n) is 9.87. The lowest BCUT2D eigenvalue weighted by atomic mass is 9.96. The molecule has 1 aromatic carbocycles. The van der Waals surface area contributed by atoms with Crippen LogP contribution in [0.4, 0.5) is 5.69 Å². The first-order chi connectivity index (χ1) is 13.7. The second-order valence-electron chi connectivity index (χ2n) is 6.98. The Hall–Kier alpha value is -2.43. The summed E-state index contributed by atoms with van der Waals surface area (Å²) in [7, 11) is 1.65. The van der Waals surface area contributed by atoms with E-state index in [0.717, 1.165) is 38.0 Å². The third-order valence-electron chi connectivity index (χ3n) is 4.96. The van der Waals surface area contributed by atoms with Crippen LogP contribution in [0.3, 0.4) is 0 Å². The zero-order valence-electron chi connectivity index (χ0n) is 16.6. The Balaban J connectivity index is 1.81. The highest BCUT2D eigenvalue weighted by Gasteiger charge is 2.27. The van der Waals surface area contributed by atoms with Crippen LogP contribution in [0.5, 0.6) is 0 Å². The molecule has 1 aliphatic rings. The number of anilines is 1. The van der Waals surface area contributed by atoms with Gasteiger partial charge in [0, 0.05) is 38.4 Å². The molecule has 0 aromatic heterocycles. The van der Waals surface area contributed by atoms with Gasteiger partial charge in [-0.15, -0.1) is 0 Å². The van der Waals surface area contributed by atoms with Gasteiger partial charge in [0.25, 0.3) is 0 Å². The van der Waals surface area contributed by atoms with E-state index in [-0.39, 0.29) is 17.7 Å². The van der Waals surface area contributed by atoms with Gasteiger partial charge in [0.2, 0.25) is 11.8 Å². The van der Waals surface area contributed by atoms with Gasteiger partial charge >= 0.3 is 0 Å². The van der Waals surface area contributed by atoms with Crippen molar-refractivity contribution in [3.8, 4) is 6.07 Å². The molecule has 0 unspecified atom stereocenters. The number of piperidine rings is 1. The van der Waals surface area contributed by atoms with Crippen LogP contribution in [0.25, 0.3) is 0 Å². The fourth-order valence-electron chi connectivity index (χ4n) is 3.37. The van der Waals surface area contributed by atoms with Crippen LogP contribution >= 0.6 is 0 Å². The van der Waals surface area contributed by atoms with Crippen molar-refractivity contribution in [2.24, 2.45) is 5.92 Å². The number of nitriles is 1. The molecule has 0 saturated carbocycles. The highest BCUT2D eigenvalue weighted by atomic mass is 16.5. The molecule has 28 heavy (non-hydrogen) atoms. The first-order valence-corrected chi connectivity index (χ1v) is 9.87. The van der Waals surface area contributed by atoms with Crippen molar-refractivity contribution in [3.05, 3.63) is 30.3 Å². The number of amides is 2. The second-order valence-corrected chi connectivity index (χ2v) is 6.98. The van der Waals surface area contributed by atoms with Crippen LogP contribution in [0.1, 0.15) is 25.7 Å². The third-order valence-corrected chi connectivity index (χ3v) is 4.96. The van der Waals surface area contributed by atoms with E-state index in [2.05, 4.69) is 16.3 Å². The van der Waals surface area contributed by atoms with Gasteiger partial charge in [-0.3, -0.25) is 14.5 Å². The van der Waals surface area contributed by atoms with Gasteiger partial charge in [-0.2, -0.15) is 5.26 Å². The molecule has 1 aromatic rings. The van der Waals surface area contributed by atoms with Crippen LogP contribution in [0.15, 0.2) is 30.3 Å². The largest absolute Gasteiger partial charge is 0.385 e. The molecule has 0 atom stereocenters. The number of carbonyl (C=O) groups is 2. The molecule has 0 bridgehead atoms. The number of benzene rings is 1. The minimum absolute atomic E-state index is 0.0103. The fourth-order valence-corrected chi connectivity index (χ4v) is 3.37. The van der Waals surface area contributed by atoms with E-state index >= 15 is 0 Å². The molecular weight excluding hydrogens is 356 g/mol. The fraction of sp³-hybridized carbons (Fsp3) is 0.571. The van der Waals surface area contributed by atoms with Gasteiger partial charge in [0.05, 0.1) is 19.0 Å². The quantitative estimate of drug-likeness (QED) is 0.620. The zero-order valence-corrected chi connectivity index (χ0v) is 16.6. The molecule has 7 heteroatoms. The summed E-state index contributed by atoms with van der Waals surface area (Å²) in [5, 5.41) is 11.9. The van der Waals surface area contributed by atoms with Crippen molar-refractivity contribution in [1.82, 2.24) is 10.2 Å². The minimum Gasteiger partial charge on any atom is -0.385 e. The highest BCUT2D eigenvalue weighted by molar-refractivity contribution is 5.94. The van der Waals surface area contributed by atoms with Gasteiger partial charge in [0.15, 0.2) is 0 Å². The number of rotatable bonds is 10. The van der Waals surface area contributed by atoms with Crippen LogP contribution in [0, 0.1) is 17.2 Å². The predicted octanol–water partition coefficient (Wildman–Crippen LogP) is 1.80. The lowest BCUT2D eigenvalue weighted by molar-refractivity contribution is -0.126. The summed E-state index contributed by atoms with van der Waals surface area (Å²) in [6.45, 7) is 3.43. The maximum atomic E-state index is 12.8. The van der Waals surface area contributed by atoms with Gasteiger partial charge in [-0.05, 0) is 44.5 Å². The van der Waals surface area contributed by atoms with E-state index in [0.29, 0.717) is 32.7 Å². The number of methoxy groups -OCH3 is 1. The molecule has 2 rings (SSSR count). The van der Waals surface area contributed by atoms with Crippen molar-refractivity contribution in [3.63, 3.8) is 0 Å². The minimum atomic E-state index is -0.0103. The highest BCUT2D eigenvalue weighted by Crippen LogP contribution is 2.19. The van der Waals surface area contributed by atoms with Crippen molar-refractivity contribution in [2.75, 3.05) is 51.3 Å². The summed E-state index contributed by atoms with van der Waals surface area (Å²) in [6.07, 6.45) is 2.62. The molecule has 7 nitrogen and oxygen atoms in total. The SMILES string of the molecule is COCCCNC(=O)C1CCN(CC(=O)N(CCC#N)c2ccccc2)CC1. The normalized spacial score (nSPS) is 15.0. The van der Waals surface area contributed by atoms with E-state index in [1.165, 1.54) is 0 Å². The van der Waals surface area contributed by atoms with Gasteiger partial charge in [0.1, 0.15) is 0 Å². The number of hydrogen-bond donors (Lipinski definition) is 1. The van der Waals surface area contributed by atoms with Crippen LogP contribution in [0.2, 0.25) is 0 Å². The maximum absolute atomic E-state index is 12.8. The summed E-state index contributed by atoms with van der Waals surface area (Å²) >= 11 is 0. The number of para-hydroxylation sites is 1. The number of nitrogens with zero attached hydrogens (tertiary/aromatic N) is 3. The Bertz CT molecular complexity index is 651. The third kappa shape index (κ3) is 6.95. The number of nitrogens with one attached hydrogen (secondary N) is 1. The van der Waals surface area contributed by atoms with Gasteiger partial charge in [-0.25, -0.2) is 0 Å². The molecule has 0 radical (unpaired) electrons. The Morgan fingerprint density at radius 1 is 1.29 bits per heavy atom. The lowest BCUT2D eigenvalue weighted by Gasteiger charge is -2.32. The van der Waals surface area contributed by atoms with Gasteiger partial charge < -0.3 is 15.0 Å². The molecule has 1 heterocycles. The van der Waals surface area contributed by atoms with E-state index in [1.807, 2.05) is 30.3 Å². The Morgan fingerprint density at radius 3 is 2.64 bits per heavy atom. The summed E-state index contributed by atoms with van der Waals surface area (Å²) < 4.78 is 4.98. The smallest absolute Gasteiger partial charge is 0.241 e. The molecule has 1 aliphatic heterocycles. The molecule has 0 aliphatic carbocycles. The summed E-state index contributed by atoms with van der Waals surface area (Å²) in [5.74, 6) is 0.101. The van der Waals surface area contributed by atoms with E-state index < -0.39 is 0 Å². The maximum Gasteiger partial charge on any atom is 0.241 e. The molecule has 1 fully saturated rings. The first kappa shape index (κ1) is 21.9. The standard InChI is InChI=1S/C21H30N4O3/c1-28-16-6-12-23-21(27)18-9-14-24(15-10-18)17-20(26)25(13-5-11-22)19-7-3-2-4-8-19/h2-4,7-8,18H,5-6,9-10,12-17H2,1H3,(H,23,27). The van der Waals surface area contributed by atoms with Crippen molar-refractivity contribution in [1.29, 1.82) is 5.26 Å². The Morgan fingerprint density at radius 2 is 2.00 bits per heavy atom. The summed E-state index contributed by atoms with van der Waals surface area (Å²) in [5.41, 5.74) is 0.813. The van der Waals surface area contributed by atoms with E-state index in [1.54, 1.807) is 12.0 Å². The molecule has 1 N–H and O–H groups in total. The second kappa shape index (κ2) is 12.1. The molecular formula is C21H30N4O3. The average Bonchev–Trinajstić information content (AvgIpc) is 2.72. The van der Waals surface area contributed by atoms with Gasteiger partial charge in [-0.1, -0.05) is 18.2 Å². The van der Waals surface area contributed by atoms with Crippen molar-refractivity contribution in [2.45, 2.75) is 25.7 Å². The van der Waals surface area contributed by atoms with E-state index in [4.69, 9.17) is 10.00 Å². The number of ether oxygens (including phenoxy) is 1. The van der Waals surface area contributed by atoms with E-state index in [9.17, 15) is 9.59 Å². The Labute approximate surface area is 167 Å². The zero-order chi connectivity index (χ0) is 20.2. The lowest BCUT2D eigenvalue weighted by Crippen LogP contribution is -2.46. The average molecular weight is 386 g/mol. The molecule has 2 amide bonds. The summed E-state index contributed by atoms with van der Waals surface area (Å²) in [4.78, 5) is 28.8. The number of carbonyl (C=O) groups excluding carboxylic acids is 2. The van der Waals surface area contributed by atoms with Crippen molar-refractivity contribution >= 4 is 17.5 Å². The molecule has 1 saturated heterocycles. The molecule has 152 valence electrons. The summed E-state index contributed by atoms with van der Waals surface area (Å²) in [6, 6.07) is 11.6. The van der Waals surface area contributed by atoms with Crippen LogP contribution in [-0.2, 0) is 14.3 Å². The topological polar surface area (TPSA) is 85.7 Å². The monoisotopic (exact) mass is 386 g/mol. The predicted molar refractivity (Wildman–Crippen MR) is 108 cm³/mol. The number of hydrogen-bond acceptors (Lipinski definition) is 5.